The molecule has 2 aliphatic rings. The molecule has 2 aliphatic carbocycles. The van der Waals surface area contributed by atoms with Gasteiger partial charge in [-0.3, -0.25) is 9.59 Å². The van der Waals surface area contributed by atoms with E-state index in [1.165, 1.54) is 0 Å². The molecule has 0 amide bonds. The van der Waals surface area contributed by atoms with E-state index in [1.807, 2.05) is 0 Å². The van der Waals surface area contributed by atoms with Crippen LogP contribution in [-0.4, -0.2) is 16.9 Å². The normalized spacial score (nSPS) is 32.3. The number of carbonyl (C=O) groups is 2. The fraction of sp³-hybridized carbons (Fsp3) is 0.273. The molecular formula is C11H8O3. The molecule has 2 atom stereocenters. The lowest BCUT2D eigenvalue weighted by atomic mass is 9.96. The number of carboxylic acids is 1. The molecule has 1 fully saturated rings. The zero-order valence-electron chi connectivity index (χ0n) is 7.36. The molecular weight excluding hydrogens is 180 g/mol. The second-order valence-electron chi connectivity index (χ2n) is 3.94. The van der Waals surface area contributed by atoms with Crippen molar-refractivity contribution in [2.24, 2.45) is 5.92 Å². The highest BCUT2D eigenvalue weighted by Crippen LogP contribution is 2.61. The van der Waals surface area contributed by atoms with Gasteiger partial charge in [0.1, 0.15) is 5.41 Å². The van der Waals surface area contributed by atoms with Crippen molar-refractivity contribution in [2.75, 3.05) is 0 Å². The fourth-order valence-corrected chi connectivity index (χ4v) is 2.50. The van der Waals surface area contributed by atoms with E-state index in [1.54, 1.807) is 24.3 Å². The summed E-state index contributed by atoms with van der Waals surface area (Å²) in [6, 6.07) is 7.04. The molecule has 1 aromatic carbocycles. The molecule has 0 bridgehead atoms. The van der Waals surface area contributed by atoms with Crippen molar-refractivity contribution >= 4 is 11.8 Å². The van der Waals surface area contributed by atoms with E-state index in [4.69, 9.17) is 5.11 Å². The minimum atomic E-state index is -0.867. The minimum Gasteiger partial charge on any atom is -0.481 e. The largest absolute Gasteiger partial charge is 0.481 e. The molecule has 1 N–H and O–H groups in total. The van der Waals surface area contributed by atoms with E-state index >= 15 is 0 Å². The highest BCUT2D eigenvalue weighted by molar-refractivity contribution is 6.13. The maximum atomic E-state index is 11.7. The highest BCUT2D eigenvalue weighted by Gasteiger charge is 2.70. The first-order chi connectivity index (χ1) is 6.68. The highest BCUT2D eigenvalue weighted by atomic mass is 16.4. The predicted octanol–water partition coefficient (Wildman–Crippen LogP) is 1.23. The molecule has 3 heteroatoms. The van der Waals surface area contributed by atoms with Gasteiger partial charge in [0.15, 0.2) is 5.78 Å². The zero-order chi connectivity index (χ0) is 9.92. The van der Waals surface area contributed by atoms with E-state index in [0.717, 1.165) is 0 Å². The first-order valence-corrected chi connectivity index (χ1v) is 4.55. The Morgan fingerprint density at radius 2 is 2.14 bits per heavy atom. The number of carbonyl (C=O) groups excluding carboxylic acids is 1. The Balaban J connectivity index is 2.27. The third-order valence-corrected chi connectivity index (χ3v) is 3.33. The maximum Gasteiger partial charge on any atom is 0.314 e. The summed E-state index contributed by atoms with van der Waals surface area (Å²) in [5, 5.41) is 9.13. The number of aliphatic carboxylic acids is 1. The van der Waals surface area contributed by atoms with Crippen LogP contribution in [0.25, 0.3) is 0 Å². The Hall–Kier alpha value is -1.64. The van der Waals surface area contributed by atoms with Crippen molar-refractivity contribution in [3.05, 3.63) is 35.4 Å². The third-order valence-electron chi connectivity index (χ3n) is 3.33. The second kappa shape index (κ2) is 2.05. The topological polar surface area (TPSA) is 54.4 Å². The molecule has 3 nitrogen and oxygen atoms in total. The summed E-state index contributed by atoms with van der Waals surface area (Å²) >= 11 is 0. The number of hydrogen-bond donors (Lipinski definition) is 1. The lowest BCUT2D eigenvalue weighted by molar-refractivity contribution is -0.140. The van der Waals surface area contributed by atoms with Gasteiger partial charge < -0.3 is 5.11 Å². The molecule has 70 valence electrons. The SMILES string of the molecule is O=C1c2ccccc2C2(C(=O)O)CC12. The standard InChI is InChI=1S/C11H8O3/c12-9-6-3-1-2-4-7(6)11(10(13)14)5-8(9)11/h1-4,8H,5H2,(H,13,14). The van der Waals surface area contributed by atoms with Gasteiger partial charge in [0.25, 0.3) is 0 Å². The number of ketones is 1. The fourth-order valence-electron chi connectivity index (χ4n) is 2.50. The average Bonchev–Trinajstić information content (AvgIpc) is 2.88. The van der Waals surface area contributed by atoms with Gasteiger partial charge >= 0.3 is 5.97 Å². The molecule has 0 saturated heterocycles. The number of carboxylic acid groups (broad SMARTS) is 1. The molecule has 3 rings (SSSR count). The lowest BCUT2D eigenvalue weighted by Crippen LogP contribution is -2.19. The Bertz CT molecular complexity index is 463. The average molecular weight is 188 g/mol. The van der Waals surface area contributed by atoms with Crippen LogP contribution in [0.5, 0.6) is 0 Å². The van der Waals surface area contributed by atoms with E-state index in [-0.39, 0.29) is 11.7 Å². The number of Topliss-reactive ketones (excluding diaryl/α,β-unsaturated/α-hetero) is 1. The van der Waals surface area contributed by atoms with Crippen LogP contribution in [0.1, 0.15) is 22.3 Å². The van der Waals surface area contributed by atoms with Gasteiger partial charge in [-0.25, -0.2) is 0 Å². The first-order valence-electron chi connectivity index (χ1n) is 4.55. The smallest absolute Gasteiger partial charge is 0.314 e. The second-order valence-corrected chi connectivity index (χ2v) is 3.94. The van der Waals surface area contributed by atoms with Crippen LogP contribution >= 0.6 is 0 Å². The Kier molecular flexibility index (Phi) is 1.14. The van der Waals surface area contributed by atoms with Crippen LogP contribution in [-0.2, 0) is 10.2 Å². The van der Waals surface area contributed by atoms with Gasteiger partial charge in [-0.1, -0.05) is 24.3 Å². The molecule has 0 aliphatic heterocycles. The number of hydrogen-bond acceptors (Lipinski definition) is 2. The monoisotopic (exact) mass is 188 g/mol. The maximum absolute atomic E-state index is 11.7. The molecule has 0 heterocycles. The van der Waals surface area contributed by atoms with Crippen molar-refractivity contribution in [1.82, 2.24) is 0 Å². The molecule has 1 saturated carbocycles. The van der Waals surface area contributed by atoms with Crippen LogP contribution in [0.15, 0.2) is 24.3 Å². The van der Waals surface area contributed by atoms with Crippen LogP contribution in [0.4, 0.5) is 0 Å². The van der Waals surface area contributed by atoms with Gasteiger partial charge in [0, 0.05) is 11.5 Å². The summed E-state index contributed by atoms with van der Waals surface area (Å²) in [6.45, 7) is 0. The summed E-state index contributed by atoms with van der Waals surface area (Å²) in [4.78, 5) is 22.8. The van der Waals surface area contributed by atoms with Crippen molar-refractivity contribution in [1.29, 1.82) is 0 Å². The van der Waals surface area contributed by atoms with Crippen LogP contribution in [0, 0.1) is 5.92 Å². The third kappa shape index (κ3) is 0.617. The van der Waals surface area contributed by atoms with Crippen LogP contribution < -0.4 is 0 Å². The summed E-state index contributed by atoms with van der Waals surface area (Å²) < 4.78 is 0. The molecule has 0 spiro atoms. The van der Waals surface area contributed by atoms with E-state index < -0.39 is 11.4 Å². The summed E-state index contributed by atoms with van der Waals surface area (Å²) in [7, 11) is 0. The molecule has 0 aromatic heterocycles. The van der Waals surface area contributed by atoms with E-state index in [2.05, 4.69) is 0 Å². The Morgan fingerprint density at radius 1 is 1.43 bits per heavy atom. The molecule has 14 heavy (non-hydrogen) atoms. The molecule has 0 radical (unpaired) electrons. The van der Waals surface area contributed by atoms with Crippen molar-refractivity contribution < 1.29 is 14.7 Å². The lowest BCUT2D eigenvalue weighted by Gasteiger charge is -2.07. The van der Waals surface area contributed by atoms with Crippen molar-refractivity contribution in [3.63, 3.8) is 0 Å². The van der Waals surface area contributed by atoms with Gasteiger partial charge in [-0.2, -0.15) is 0 Å². The quantitative estimate of drug-likeness (QED) is 0.721. The summed E-state index contributed by atoms with van der Waals surface area (Å²) in [5.74, 6) is -1.15. The molecule has 1 aromatic rings. The zero-order valence-corrected chi connectivity index (χ0v) is 7.36. The van der Waals surface area contributed by atoms with E-state index in [9.17, 15) is 9.59 Å². The van der Waals surface area contributed by atoms with Crippen molar-refractivity contribution in [2.45, 2.75) is 11.8 Å². The van der Waals surface area contributed by atoms with Crippen LogP contribution in [0.2, 0.25) is 0 Å². The summed E-state index contributed by atoms with van der Waals surface area (Å²) in [6.07, 6.45) is 0.484. The van der Waals surface area contributed by atoms with Gasteiger partial charge in [0.05, 0.1) is 0 Å². The summed E-state index contributed by atoms with van der Waals surface area (Å²) in [5.41, 5.74) is 0.446. The van der Waals surface area contributed by atoms with Gasteiger partial charge in [0.2, 0.25) is 0 Å². The van der Waals surface area contributed by atoms with Crippen LogP contribution in [0.3, 0.4) is 0 Å². The predicted molar refractivity (Wildman–Crippen MR) is 48.2 cm³/mol. The Labute approximate surface area is 80.4 Å². The minimum absolute atomic E-state index is 0.00278. The van der Waals surface area contributed by atoms with Crippen molar-refractivity contribution in [3.8, 4) is 0 Å². The first kappa shape index (κ1) is 7.74. The Morgan fingerprint density at radius 3 is 2.86 bits per heavy atom. The molecule has 2 unspecified atom stereocenters. The number of rotatable bonds is 1. The number of fused-ring (bicyclic) bond motifs is 3. The van der Waals surface area contributed by atoms with E-state index in [0.29, 0.717) is 17.5 Å². The van der Waals surface area contributed by atoms with Gasteiger partial charge in [-0.05, 0) is 12.0 Å². The van der Waals surface area contributed by atoms with Gasteiger partial charge in [-0.15, -0.1) is 0 Å². The number of benzene rings is 1.